The zero-order valence-electron chi connectivity index (χ0n) is 8.62. The van der Waals surface area contributed by atoms with Crippen molar-refractivity contribution in [1.29, 1.82) is 0 Å². The van der Waals surface area contributed by atoms with E-state index in [0.717, 1.165) is 5.56 Å². The van der Waals surface area contributed by atoms with E-state index in [9.17, 15) is 8.42 Å². The first-order valence-electron chi connectivity index (χ1n) is 4.65. The molecule has 0 atom stereocenters. The molecule has 0 bridgehead atoms. The van der Waals surface area contributed by atoms with Crippen molar-refractivity contribution >= 4 is 18.7 Å². The van der Waals surface area contributed by atoms with E-state index in [1.54, 1.807) is 12.1 Å². The van der Waals surface area contributed by atoms with E-state index in [-0.39, 0.29) is 4.90 Å². The van der Waals surface area contributed by atoms with Gasteiger partial charge >= 0.3 is 18.7 Å². The topological polar surface area (TPSA) is 61.8 Å². The van der Waals surface area contributed by atoms with Crippen molar-refractivity contribution in [2.45, 2.75) is 11.8 Å². The Balaban J connectivity index is 2.14. The van der Waals surface area contributed by atoms with Crippen molar-refractivity contribution in [1.82, 2.24) is 0 Å². The van der Waals surface area contributed by atoms with Crippen LogP contribution in [-0.2, 0) is 23.1 Å². The summed E-state index contributed by atoms with van der Waals surface area (Å²) in [5.74, 6) is 0. The van der Waals surface area contributed by atoms with Crippen LogP contribution in [0, 0.1) is 6.92 Å². The molecule has 88 valence electrons. The van der Waals surface area contributed by atoms with Crippen molar-refractivity contribution in [2.75, 3.05) is 13.2 Å². The first kappa shape index (κ1) is 12.0. The first-order chi connectivity index (χ1) is 7.58. The van der Waals surface area contributed by atoms with Crippen molar-refractivity contribution < 1.29 is 21.4 Å². The SMILES string of the molecule is Cc1ccc(S(=O)(=O)OP2OCCO2)cc1. The zero-order chi connectivity index (χ0) is 11.6. The summed E-state index contributed by atoms with van der Waals surface area (Å²) in [5.41, 5.74) is 0.984. The number of hydrogen-bond donors (Lipinski definition) is 0. The minimum Gasteiger partial charge on any atom is -0.309 e. The second kappa shape index (κ2) is 4.77. The maximum Gasteiger partial charge on any atom is 0.349 e. The van der Waals surface area contributed by atoms with E-state index >= 15 is 0 Å². The van der Waals surface area contributed by atoms with Gasteiger partial charge in [0.2, 0.25) is 0 Å². The molecule has 1 aromatic rings. The third kappa shape index (κ3) is 2.78. The minimum atomic E-state index is -3.78. The summed E-state index contributed by atoms with van der Waals surface area (Å²) in [6.45, 7) is 2.62. The predicted octanol–water partition coefficient (Wildman–Crippen LogP) is 1.97. The Hall–Kier alpha value is -0.520. The van der Waals surface area contributed by atoms with E-state index in [4.69, 9.17) is 13.0 Å². The van der Waals surface area contributed by atoms with Gasteiger partial charge in [-0.15, -0.1) is 0 Å². The normalized spacial score (nSPS) is 17.8. The summed E-state index contributed by atoms with van der Waals surface area (Å²) < 4.78 is 38.2. The van der Waals surface area contributed by atoms with Crippen LogP contribution >= 0.6 is 8.60 Å². The van der Waals surface area contributed by atoms with Crippen LogP contribution in [0.3, 0.4) is 0 Å². The first-order valence-corrected chi connectivity index (χ1v) is 7.15. The summed E-state index contributed by atoms with van der Waals surface area (Å²) in [5, 5.41) is 0. The molecule has 0 aliphatic carbocycles. The number of rotatable bonds is 3. The fourth-order valence-electron chi connectivity index (χ4n) is 1.13. The molecule has 1 aromatic carbocycles. The molecule has 1 aliphatic rings. The highest BCUT2D eigenvalue weighted by molar-refractivity contribution is 7.90. The lowest BCUT2D eigenvalue weighted by molar-refractivity contribution is 0.352. The molecule has 2 rings (SSSR count). The summed E-state index contributed by atoms with van der Waals surface area (Å²) in [6, 6.07) is 6.41. The Kier molecular flexibility index (Phi) is 3.56. The summed E-state index contributed by atoms with van der Waals surface area (Å²) >= 11 is 0. The molecule has 5 nitrogen and oxygen atoms in total. The molecule has 0 saturated carbocycles. The van der Waals surface area contributed by atoms with Crippen LogP contribution in [0.25, 0.3) is 0 Å². The third-order valence-electron chi connectivity index (χ3n) is 1.95. The molecule has 1 saturated heterocycles. The quantitative estimate of drug-likeness (QED) is 0.779. The lowest BCUT2D eigenvalue weighted by Crippen LogP contribution is -2.03. The molecule has 0 radical (unpaired) electrons. The van der Waals surface area contributed by atoms with Crippen LogP contribution in [0.1, 0.15) is 5.56 Å². The molecular formula is C9H11O5PS. The van der Waals surface area contributed by atoms with E-state index in [0.29, 0.717) is 13.2 Å². The van der Waals surface area contributed by atoms with Crippen LogP contribution in [0.15, 0.2) is 29.2 Å². The highest BCUT2D eigenvalue weighted by atomic mass is 32.2. The Morgan fingerprint density at radius 2 is 1.75 bits per heavy atom. The van der Waals surface area contributed by atoms with Crippen LogP contribution in [0.2, 0.25) is 0 Å². The van der Waals surface area contributed by atoms with Gasteiger partial charge in [-0.3, -0.25) is 0 Å². The van der Waals surface area contributed by atoms with Crippen LogP contribution in [-0.4, -0.2) is 21.6 Å². The fraction of sp³-hybridized carbons (Fsp3) is 0.333. The van der Waals surface area contributed by atoms with E-state index in [1.807, 2.05) is 6.92 Å². The standard InChI is InChI=1S/C9H11O5PS/c1-8-2-4-9(5-3-8)16(10,11)14-15-12-6-7-13-15/h2-5H,6-7H2,1H3. The minimum absolute atomic E-state index is 0.111. The van der Waals surface area contributed by atoms with Crippen molar-refractivity contribution in [3.05, 3.63) is 29.8 Å². The van der Waals surface area contributed by atoms with Gasteiger partial charge in [-0.05, 0) is 19.1 Å². The predicted molar refractivity (Wildman–Crippen MR) is 58.3 cm³/mol. The average Bonchev–Trinajstić information content (AvgIpc) is 2.70. The van der Waals surface area contributed by atoms with Gasteiger partial charge in [0.1, 0.15) is 0 Å². The molecule has 16 heavy (non-hydrogen) atoms. The maximum atomic E-state index is 11.7. The van der Waals surface area contributed by atoms with E-state index < -0.39 is 18.7 Å². The van der Waals surface area contributed by atoms with Gasteiger partial charge in [-0.25, -0.2) is 0 Å². The van der Waals surface area contributed by atoms with E-state index in [1.165, 1.54) is 12.1 Å². The van der Waals surface area contributed by atoms with Gasteiger partial charge < -0.3 is 9.05 Å². The Morgan fingerprint density at radius 1 is 1.19 bits per heavy atom. The Labute approximate surface area is 95.5 Å². The molecule has 1 fully saturated rings. The molecule has 7 heteroatoms. The number of hydrogen-bond acceptors (Lipinski definition) is 5. The number of benzene rings is 1. The molecule has 1 heterocycles. The van der Waals surface area contributed by atoms with Gasteiger partial charge in [0, 0.05) is 0 Å². The second-order valence-electron chi connectivity index (χ2n) is 3.23. The summed E-state index contributed by atoms with van der Waals surface area (Å²) in [6.07, 6.45) is 0. The van der Waals surface area contributed by atoms with Crippen LogP contribution in [0.4, 0.5) is 0 Å². The Bertz CT molecular complexity index is 449. The second-order valence-corrected chi connectivity index (χ2v) is 6.17. The summed E-state index contributed by atoms with van der Waals surface area (Å²) in [7, 11) is -5.53. The average molecular weight is 262 g/mol. The lowest BCUT2D eigenvalue weighted by Gasteiger charge is -2.08. The molecule has 1 aliphatic heterocycles. The largest absolute Gasteiger partial charge is 0.349 e. The smallest absolute Gasteiger partial charge is 0.309 e. The molecule has 0 unspecified atom stereocenters. The highest BCUT2D eigenvalue weighted by Gasteiger charge is 2.27. The van der Waals surface area contributed by atoms with Crippen molar-refractivity contribution in [3.63, 3.8) is 0 Å². The summed E-state index contributed by atoms with van der Waals surface area (Å²) in [4.78, 5) is 0.111. The van der Waals surface area contributed by atoms with Crippen LogP contribution in [0.5, 0.6) is 0 Å². The molecule has 0 spiro atoms. The molecule has 0 aromatic heterocycles. The van der Waals surface area contributed by atoms with Gasteiger partial charge in [-0.2, -0.15) is 12.4 Å². The van der Waals surface area contributed by atoms with Crippen molar-refractivity contribution in [3.8, 4) is 0 Å². The monoisotopic (exact) mass is 262 g/mol. The molecule has 0 amide bonds. The van der Waals surface area contributed by atoms with Gasteiger partial charge in [-0.1, -0.05) is 17.7 Å². The van der Waals surface area contributed by atoms with Gasteiger partial charge in [0.25, 0.3) is 0 Å². The van der Waals surface area contributed by atoms with Crippen molar-refractivity contribution in [2.24, 2.45) is 0 Å². The van der Waals surface area contributed by atoms with E-state index in [2.05, 4.69) is 0 Å². The lowest BCUT2D eigenvalue weighted by atomic mass is 10.2. The van der Waals surface area contributed by atoms with Crippen LogP contribution < -0.4 is 0 Å². The van der Waals surface area contributed by atoms with Gasteiger partial charge in [0.15, 0.2) is 0 Å². The third-order valence-corrected chi connectivity index (χ3v) is 4.85. The zero-order valence-corrected chi connectivity index (χ0v) is 10.3. The van der Waals surface area contributed by atoms with Gasteiger partial charge in [0.05, 0.1) is 18.1 Å². The highest BCUT2D eigenvalue weighted by Crippen LogP contribution is 2.46. The molecular weight excluding hydrogens is 251 g/mol. The Morgan fingerprint density at radius 3 is 2.31 bits per heavy atom. The number of aryl methyl sites for hydroxylation is 1. The maximum absolute atomic E-state index is 11.7. The molecule has 0 N–H and O–H groups in total. The fourth-order valence-corrected chi connectivity index (χ4v) is 3.45.